The molecule has 1 aromatic heterocycles. The van der Waals surface area contributed by atoms with Gasteiger partial charge in [-0.15, -0.1) is 0 Å². The Kier molecular flexibility index (Phi) is 4.11. The number of hydrogen-bond acceptors (Lipinski definition) is 5. The number of halogens is 1. The molecule has 0 amide bonds. The van der Waals surface area contributed by atoms with Gasteiger partial charge in [-0.2, -0.15) is 0 Å². The standard InChI is InChI=1S/C8H8BrN3O2.Na/c9-4-5(8(13)14)11-7(3-1-2-3)12-6(4)10;/h3H,1-2H2,(H,13,14)(H2,10,11,12);/q;+1/p-1. The Morgan fingerprint density at radius 1 is 1.47 bits per heavy atom. The second kappa shape index (κ2) is 4.78. The van der Waals surface area contributed by atoms with E-state index in [0.29, 0.717) is 5.82 Å². The molecule has 1 saturated carbocycles. The first kappa shape index (κ1) is 12.9. The van der Waals surface area contributed by atoms with Crippen LogP contribution in [-0.4, -0.2) is 15.9 Å². The number of nitrogen functional groups attached to an aromatic ring is 1. The normalized spacial score (nSPS) is 14.5. The number of carbonyl (C=O) groups excluding carboxylic acids is 1. The predicted molar refractivity (Wildman–Crippen MR) is 50.4 cm³/mol. The minimum absolute atomic E-state index is 0. The first-order chi connectivity index (χ1) is 6.59. The molecule has 0 unspecified atom stereocenters. The molecular weight excluding hydrogens is 273 g/mol. The monoisotopic (exact) mass is 279 g/mol. The summed E-state index contributed by atoms with van der Waals surface area (Å²) in [5.74, 6) is -0.414. The van der Waals surface area contributed by atoms with E-state index in [1.807, 2.05) is 0 Å². The van der Waals surface area contributed by atoms with Gasteiger partial charge in [0.15, 0.2) is 0 Å². The van der Waals surface area contributed by atoms with Crippen molar-refractivity contribution in [3.8, 4) is 0 Å². The Labute approximate surface area is 117 Å². The van der Waals surface area contributed by atoms with Crippen LogP contribution >= 0.6 is 15.9 Å². The van der Waals surface area contributed by atoms with Gasteiger partial charge in [0.1, 0.15) is 17.3 Å². The van der Waals surface area contributed by atoms with Gasteiger partial charge in [-0.05, 0) is 28.8 Å². The second-order valence-electron chi connectivity index (χ2n) is 3.19. The van der Waals surface area contributed by atoms with Gasteiger partial charge in [0.2, 0.25) is 0 Å². The van der Waals surface area contributed by atoms with Gasteiger partial charge >= 0.3 is 29.6 Å². The number of aromatic carboxylic acids is 1. The summed E-state index contributed by atoms with van der Waals surface area (Å²) in [6.45, 7) is 0. The van der Waals surface area contributed by atoms with E-state index in [0.717, 1.165) is 12.8 Å². The summed E-state index contributed by atoms with van der Waals surface area (Å²) in [6.07, 6.45) is 1.99. The molecule has 0 radical (unpaired) electrons. The Morgan fingerprint density at radius 2 is 2.07 bits per heavy atom. The van der Waals surface area contributed by atoms with Crippen molar-refractivity contribution in [2.75, 3.05) is 5.73 Å². The van der Waals surface area contributed by atoms with Gasteiger partial charge in [-0.3, -0.25) is 0 Å². The summed E-state index contributed by atoms with van der Waals surface area (Å²) in [4.78, 5) is 18.6. The third-order valence-corrected chi connectivity index (χ3v) is 2.81. The molecule has 7 heteroatoms. The Morgan fingerprint density at radius 3 is 2.53 bits per heavy atom. The number of anilines is 1. The number of aromatic nitrogens is 2. The summed E-state index contributed by atoms with van der Waals surface area (Å²) in [5, 5.41) is 10.7. The quantitative estimate of drug-likeness (QED) is 0.585. The van der Waals surface area contributed by atoms with E-state index >= 15 is 0 Å². The number of carbonyl (C=O) groups is 1. The summed E-state index contributed by atoms with van der Waals surface area (Å²) in [6, 6.07) is 0. The van der Waals surface area contributed by atoms with Gasteiger partial charge in [-0.25, -0.2) is 9.97 Å². The van der Waals surface area contributed by atoms with Gasteiger partial charge in [0, 0.05) is 5.92 Å². The molecule has 2 N–H and O–H groups in total. The molecule has 0 atom stereocenters. The third-order valence-electron chi connectivity index (χ3n) is 2.03. The Hall–Kier alpha value is -0.170. The average molecular weight is 280 g/mol. The predicted octanol–water partition coefficient (Wildman–Crippen LogP) is -2.93. The number of nitrogens with zero attached hydrogens (tertiary/aromatic N) is 2. The molecule has 1 aromatic rings. The van der Waals surface area contributed by atoms with E-state index in [2.05, 4.69) is 25.9 Å². The zero-order valence-corrected chi connectivity index (χ0v) is 11.7. The van der Waals surface area contributed by atoms with Crippen LogP contribution in [0.5, 0.6) is 0 Å². The SMILES string of the molecule is Nc1nc(C2CC2)nc(C(=O)[O-])c1Br.[Na+]. The molecule has 0 spiro atoms. The molecule has 5 nitrogen and oxygen atoms in total. The largest absolute Gasteiger partial charge is 1.00 e. The molecular formula is C8H7BrN3NaO2. The minimum atomic E-state index is -1.34. The van der Waals surface area contributed by atoms with Crippen LogP contribution in [0.3, 0.4) is 0 Å². The zero-order valence-electron chi connectivity index (χ0n) is 8.16. The number of nitrogens with two attached hydrogens (primary N) is 1. The zero-order chi connectivity index (χ0) is 10.3. The molecule has 1 aliphatic carbocycles. The van der Waals surface area contributed by atoms with E-state index in [1.54, 1.807) is 0 Å². The third kappa shape index (κ3) is 2.69. The van der Waals surface area contributed by atoms with Crippen molar-refractivity contribution in [1.29, 1.82) is 0 Å². The minimum Gasteiger partial charge on any atom is -0.543 e. The summed E-state index contributed by atoms with van der Waals surface area (Å²) in [5.41, 5.74) is 5.37. The van der Waals surface area contributed by atoms with Gasteiger partial charge in [0.05, 0.1) is 10.4 Å². The first-order valence-corrected chi connectivity index (χ1v) is 4.93. The number of rotatable bonds is 2. The summed E-state index contributed by atoms with van der Waals surface area (Å²) < 4.78 is 0.196. The van der Waals surface area contributed by atoms with Crippen LogP contribution in [0, 0.1) is 0 Å². The van der Waals surface area contributed by atoms with Crippen molar-refractivity contribution in [3.63, 3.8) is 0 Å². The average Bonchev–Trinajstić information content (AvgIpc) is 2.91. The molecule has 1 fully saturated rings. The molecule has 0 aliphatic heterocycles. The molecule has 15 heavy (non-hydrogen) atoms. The van der Waals surface area contributed by atoms with Crippen LogP contribution in [0.25, 0.3) is 0 Å². The molecule has 0 bridgehead atoms. The number of carboxylic acid groups (broad SMARTS) is 1. The maximum absolute atomic E-state index is 10.7. The Balaban J connectivity index is 0.00000112. The van der Waals surface area contributed by atoms with E-state index in [1.165, 1.54) is 0 Å². The van der Waals surface area contributed by atoms with Crippen molar-refractivity contribution in [2.45, 2.75) is 18.8 Å². The molecule has 2 rings (SSSR count). The van der Waals surface area contributed by atoms with Crippen molar-refractivity contribution in [2.24, 2.45) is 0 Å². The fourth-order valence-corrected chi connectivity index (χ4v) is 1.48. The van der Waals surface area contributed by atoms with E-state index in [4.69, 9.17) is 5.73 Å². The van der Waals surface area contributed by atoms with E-state index < -0.39 is 5.97 Å². The fourth-order valence-electron chi connectivity index (χ4n) is 1.14. The molecule has 0 aromatic carbocycles. The van der Waals surface area contributed by atoms with Crippen LogP contribution in [0.1, 0.15) is 35.1 Å². The first-order valence-electron chi connectivity index (χ1n) is 4.14. The van der Waals surface area contributed by atoms with E-state index in [-0.39, 0.29) is 51.5 Å². The molecule has 0 saturated heterocycles. The topological polar surface area (TPSA) is 91.9 Å². The maximum atomic E-state index is 10.7. The van der Waals surface area contributed by atoms with Crippen LogP contribution < -0.4 is 40.4 Å². The van der Waals surface area contributed by atoms with Gasteiger partial charge in [-0.1, -0.05) is 0 Å². The second-order valence-corrected chi connectivity index (χ2v) is 3.98. The smallest absolute Gasteiger partial charge is 0.543 e. The van der Waals surface area contributed by atoms with Crippen LogP contribution in [-0.2, 0) is 0 Å². The van der Waals surface area contributed by atoms with Crippen molar-refractivity contribution in [1.82, 2.24) is 9.97 Å². The van der Waals surface area contributed by atoms with Crippen LogP contribution in [0.2, 0.25) is 0 Å². The molecule has 1 aliphatic rings. The van der Waals surface area contributed by atoms with Crippen molar-refractivity contribution >= 4 is 27.7 Å². The van der Waals surface area contributed by atoms with Crippen molar-refractivity contribution < 1.29 is 39.5 Å². The summed E-state index contributed by atoms with van der Waals surface area (Å²) >= 11 is 3.01. The molecule has 1 heterocycles. The number of carboxylic acids is 1. The number of hydrogen-bond donors (Lipinski definition) is 1. The van der Waals surface area contributed by atoms with Gasteiger partial charge in [0.25, 0.3) is 0 Å². The van der Waals surface area contributed by atoms with E-state index in [9.17, 15) is 9.90 Å². The summed E-state index contributed by atoms with van der Waals surface area (Å²) in [7, 11) is 0. The van der Waals surface area contributed by atoms with Gasteiger partial charge < -0.3 is 15.6 Å². The van der Waals surface area contributed by atoms with Crippen molar-refractivity contribution in [3.05, 3.63) is 16.0 Å². The van der Waals surface area contributed by atoms with Crippen LogP contribution in [0.15, 0.2) is 4.47 Å². The fraction of sp³-hybridized carbons (Fsp3) is 0.375. The van der Waals surface area contributed by atoms with Crippen LogP contribution in [0.4, 0.5) is 5.82 Å². The Bertz CT molecular complexity index is 409. The maximum Gasteiger partial charge on any atom is 1.00 e. The molecule has 74 valence electrons.